The SMILES string of the molecule is CNC(CC(C)C)c1cccc2cnccc12. The van der Waals surface area contributed by atoms with Crippen LogP contribution < -0.4 is 5.32 Å². The quantitative estimate of drug-likeness (QED) is 0.865. The summed E-state index contributed by atoms with van der Waals surface area (Å²) in [6.07, 6.45) is 4.95. The zero-order chi connectivity index (χ0) is 12.3. The van der Waals surface area contributed by atoms with E-state index in [1.54, 1.807) is 0 Å². The van der Waals surface area contributed by atoms with Crippen LogP contribution in [0.1, 0.15) is 31.9 Å². The van der Waals surface area contributed by atoms with E-state index in [1.807, 2.05) is 19.4 Å². The lowest BCUT2D eigenvalue weighted by molar-refractivity contribution is 0.459. The molecule has 1 aromatic carbocycles. The Morgan fingerprint density at radius 1 is 1.24 bits per heavy atom. The van der Waals surface area contributed by atoms with Crippen LogP contribution in [-0.2, 0) is 0 Å². The van der Waals surface area contributed by atoms with Crippen molar-refractivity contribution in [1.82, 2.24) is 10.3 Å². The minimum atomic E-state index is 0.418. The van der Waals surface area contributed by atoms with E-state index in [0.29, 0.717) is 12.0 Å². The lowest BCUT2D eigenvalue weighted by atomic mass is 9.93. The summed E-state index contributed by atoms with van der Waals surface area (Å²) in [5.41, 5.74) is 1.38. The highest BCUT2D eigenvalue weighted by atomic mass is 14.9. The number of rotatable bonds is 4. The molecule has 1 N–H and O–H groups in total. The van der Waals surface area contributed by atoms with Crippen LogP contribution in [0.3, 0.4) is 0 Å². The van der Waals surface area contributed by atoms with E-state index in [0.717, 1.165) is 6.42 Å². The lowest BCUT2D eigenvalue weighted by Gasteiger charge is -2.20. The second kappa shape index (κ2) is 5.28. The highest BCUT2D eigenvalue weighted by Gasteiger charge is 2.13. The molecule has 0 bridgehead atoms. The fourth-order valence-electron chi connectivity index (χ4n) is 2.32. The van der Waals surface area contributed by atoms with Crippen molar-refractivity contribution in [3.05, 3.63) is 42.2 Å². The van der Waals surface area contributed by atoms with Gasteiger partial charge in [0.15, 0.2) is 0 Å². The van der Waals surface area contributed by atoms with Crippen molar-refractivity contribution in [3.8, 4) is 0 Å². The van der Waals surface area contributed by atoms with Gasteiger partial charge in [-0.05, 0) is 36.4 Å². The minimum Gasteiger partial charge on any atom is -0.313 e. The van der Waals surface area contributed by atoms with E-state index in [2.05, 4.69) is 48.4 Å². The third-order valence-electron chi connectivity index (χ3n) is 3.15. The van der Waals surface area contributed by atoms with E-state index >= 15 is 0 Å². The van der Waals surface area contributed by atoms with Crippen LogP contribution in [0.4, 0.5) is 0 Å². The van der Waals surface area contributed by atoms with Gasteiger partial charge in [-0.25, -0.2) is 0 Å². The molecule has 2 rings (SSSR count). The van der Waals surface area contributed by atoms with Gasteiger partial charge < -0.3 is 5.32 Å². The van der Waals surface area contributed by atoms with Gasteiger partial charge >= 0.3 is 0 Å². The number of pyridine rings is 1. The molecule has 1 atom stereocenters. The van der Waals surface area contributed by atoms with Crippen molar-refractivity contribution in [2.45, 2.75) is 26.3 Å². The van der Waals surface area contributed by atoms with Gasteiger partial charge in [0.25, 0.3) is 0 Å². The second-order valence-corrected chi connectivity index (χ2v) is 4.91. The number of nitrogens with zero attached hydrogens (tertiary/aromatic N) is 1. The number of hydrogen-bond acceptors (Lipinski definition) is 2. The first-order valence-corrected chi connectivity index (χ1v) is 6.22. The summed E-state index contributed by atoms with van der Waals surface area (Å²) < 4.78 is 0. The molecule has 0 radical (unpaired) electrons. The molecule has 0 spiro atoms. The van der Waals surface area contributed by atoms with Crippen LogP contribution in [0, 0.1) is 5.92 Å². The molecule has 0 saturated carbocycles. The van der Waals surface area contributed by atoms with Gasteiger partial charge in [0.2, 0.25) is 0 Å². The molecule has 0 aliphatic carbocycles. The molecule has 1 heterocycles. The average molecular weight is 228 g/mol. The number of fused-ring (bicyclic) bond motifs is 1. The molecule has 0 saturated heterocycles. The summed E-state index contributed by atoms with van der Waals surface area (Å²) in [6.45, 7) is 4.52. The fourth-order valence-corrected chi connectivity index (χ4v) is 2.32. The highest BCUT2D eigenvalue weighted by molar-refractivity contribution is 5.85. The summed E-state index contributed by atoms with van der Waals surface area (Å²) in [5.74, 6) is 0.685. The van der Waals surface area contributed by atoms with E-state index in [1.165, 1.54) is 16.3 Å². The lowest BCUT2D eigenvalue weighted by Crippen LogP contribution is -2.18. The van der Waals surface area contributed by atoms with Crippen LogP contribution in [0.15, 0.2) is 36.7 Å². The normalized spacial score (nSPS) is 13.2. The maximum Gasteiger partial charge on any atom is 0.0346 e. The molecule has 1 aromatic heterocycles. The van der Waals surface area contributed by atoms with Gasteiger partial charge in [-0.1, -0.05) is 32.0 Å². The largest absolute Gasteiger partial charge is 0.313 e. The van der Waals surface area contributed by atoms with Crippen molar-refractivity contribution in [3.63, 3.8) is 0 Å². The van der Waals surface area contributed by atoms with Crippen molar-refractivity contribution in [2.75, 3.05) is 7.05 Å². The number of benzene rings is 1. The Morgan fingerprint density at radius 3 is 2.76 bits per heavy atom. The standard InChI is InChI=1S/C15H20N2/c1-11(2)9-15(16-3)14-6-4-5-12-10-17-8-7-13(12)14/h4-8,10-11,15-16H,9H2,1-3H3. The Labute approximate surface area is 103 Å². The summed E-state index contributed by atoms with van der Waals surface area (Å²) >= 11 is 0. The van der Waals surface area contributed by atoms with Crippen LogP contribution in [0.25, 0.3) is 10.8 Å². The van der Waals surface area contributed by atoms with Crippen molar-refractivity contribution < 1.29 is 0 Å². The molecular weight excluding hydrogens is 208 g/mol. The van der Waals surface area contributed by atoms with Gasteiger partial charge in [-0.15, -0.1) is 0 Å². The predicted molar refractivity (Wildman–Crippen MR) is 73.0 cm³/mol. The topological polar surface area (TPSA) is 24.9 Å². The van der Waals surface area contributed by atoms with Crippen molar-refractivity contribution in [2.24, 2.45) is 5.92 Å². The second-order valence-electron chi connectivity index (χ2n) is 4.91. The number of nitrogens with one attached hydrogen (secondary N) is 1. The van der Waals surface area contributed by atoms with E-state index in [9.17, 15) is 0 Å². The molecule has 2 aromatic rings. The maximum atomic E-state index is 4.18. The minimum absolute atomic E-state index is 0.418. The first kappa shape index (κ1) is 12.1. The van der Waals surface area contributed by atoms with Crippen molar-refractivity contribution >= 4 is 10.8 Å². The van der Waals surface area contributed by atoms with Crippen LogP contribution >= 0.6 is 0 Å². The molecule has 0 aliphatic heterocycles. The molecule has 17 heavy (non-hydrogen) atoms. The summed E-state index contributed by atoms with van der Waals surface area (Å²) in [7, 11) is 2.03. The molecule has 2 heteroatoms. The first-order chi connectivity index (χ1) is 8.22. The Bertz CT molecular complexity index is 486. The van der Waals surface area contributed by atoms with E-state index in [-0.39, 0.29) is 0 Å². The maximum absolute atomic E-state index is 4.18. The van der Waals surface area contributed by atoms with Crippen molar-refractivity contribution in [1.29, 1.82) is 0 Å². The number of aromatic nitrogens is 1. The van der Waals surface area contributed by atoms with Crippen LogP contribution in [0.5, 0.6) is 0 Å². The first-order valence-electron chi connectivity index (χ1n) is 6.22. The van der Waals surface area contributed by atoms with Gasteiger partial charge in [0.05, 0.1) is 0 Å². The van der Waals surface area contributed by atoms with Gasteiger partial charge in [0, 0.05) is 23.8 Å². The highest BCUT2D eigenvalue weighted by Crippen LogP contribution is 2.27. The van der Waals surface area contributed by atoms with Crippen LogP contribution in [0.2, 0.25) is 0 Å². The molecule has 1 unspecified atom stereocenters. The van der Waals surface area contributed by atoms with Gasteiger partial charge in [0.1, 0.15) is 0 Å². The van der Waals surface area contributed by atoms with Crippen LogP contribution in [-0.4, -0.2) is 12.0 Å². The molecule has 0 fully saturated rings. The monoisotopic (exact) mass is 228 g/mol. The third-order valence-corrected chi connectivity index (χ3v) is 3.15. The molecule has 0 amide bonds. The number of hydrogen-bond donors (Lipinski definition) is 1. The molecule has 90 valence electrons. The Morgan fingerprint density at radius 2 is 2.06 bits per heavy atom. The zero-order valence-electron chi connectivity index (χ0n) is 10.8. The fraction of sp³-hybridized carbons (Fsp3) is 0.400. The Hall–Kier alpha value is -1.41. The smallest absolute Gasteiger partial charge is 0.0346 e. The Balaban J connectivity index is 2.46. The molecule has 2 nitrogen and oxygen atoms in total. The molecule has 0 aliphatic rings. The average Bonchev–Trinajstić information content (AvgIpc) is 2.35. The summed E-state index contributed by atoms with van der Waals surface area (Å²) in [4.78, 5) is 4.18. The van der Waals surface area contributed by atoms with E-state index < -0.39 is 0 Å². The Kier molecular flexibility index (Phi) is 3.75. The van der Waals surface area contributed by atoms with Gasteiger partial charge in [-0.3, -0.25) is 4.98 Å². The predicted octanol–water partition coefficient (Wildman–Crippen LogP) is 3.54. The van der Waals surface area contributed by atoms with Gasteiger partial charge in [-0.2, -0.15) is 0 Å². The third kappa shape index (κ3) is 2.64. The summed E-state index contributed by atoms with van der Waals surface area (Å²) in [6, 6.07) is 8.97. The van der Waals surface area contributed by atoms with E-state index in [4.69, 9.17) is 0 Å². The summed E-state index contributed by atoms with van der Waals surface area (Å²) in [5, 5.41) is 5.95. The zero-order valence-corrected chi connectivity index (χ0v) is 10.8. The molecular formula is C15H20N2.